The molecular formula is C14H22ClN3O. The lowest BCUT2D eigenvalue weighted by molar-refractivity contribution is -0.119. The zero-order valence-corrected chi connectivity index (χ0v) is 12.2. The number of likely N-dealkylation sites (N-methyl/N-ethyl adjacent to an activating group) is 1. The predicted octanol–water partition coefficient (Wildman–Crippen LogP) is 1.37. The van der Waals surface area contributed by atoms with Crippen molar-refractivity contribution in [2.75, 3.05) is 44.7 Å². The molecule has 0 aliphatic carbocycles. The fraction of sp³-hybridized carbons (Fsp3) is 0.500. The number of halogens is 1. The number of amides is 1. The van der Waals surface area contributed by atoms with Crippen molar-refractivity contribution >= 4 is 24.0 Å². The lowest BCUT2D eigenvalue weighted by atomic mass is 10.3. The zero-order chi connectivity index (χ0) is 12.8. The molecule has 0 spiro atoms. The molecule has 1 amide bonds. The lowest BCUT2D eigenvalue weighted by Crippen LogP contribution is -2.39. The number of carbonyl (C=O) groups excluding carboxylic acids is 1. The van der Waals surface area contributed by atoms with Crippen LogP contribution in [-0.2, 0) is 4.79 Å². The van der Waals surface area contributed by atoms with Crippen molar-refractivity contribution in [1.29, 1.82) is 0 Å². The van der Waals surface area contributed by atoms with Gasteiger partial charge >= 0.3 is 0 Å². The summed E-state index contributed by atoms with van der Waals surface area (Å²) in [5.74, 6) is 0.156. The average molecular weight is 284 g/mol. The summed E-state index contributed by atoms with van der Waals surface area (Å²) in [5, 5.41) is 3.34. The number of nitrogens with one attached hydrogen (secondary N) is 1. The highest BCUT2D eigenvalue weighted by Gasteiger charge is 2.16. The molecule has 1 fully saturated rings. The van der Waals surface area contributed by atoms with Crippen LogP contribution < -0.4 is 10.2 Å². The maximum Gasteiger partial charge on any atom is 0.240 e. The Balaban J connectivity index is 0.00000180. The Hall–Kier alpha value is -1.10. The number of para-hydroxylation sites is 1. The third-order valence-corrected chi connectivity index (χ3v) is 3.31. The minimum atomic E-state index is 0. The Morgan fingerprint density at radius 3 is 2.74 bits per heavy atom. The Morgan fingerprint density at radius 1 is 1.26 bits per heavy atom. The monoisotopic (exact) mass is 283 g/mol. The van der Waals surface area contributed by atoms with Crippen LogP contribution in [-0.4, -0.2) is 50.6 Å². The number of rotatable bonds is 3. The van der Waals surface area contributed by atoms with E-state index in [0.29, 0.717) is 6.54 Å². The molecule has 0 unspecified atom stereocenters. The Kier molecular flexibility index (Phi) is 6.84. The molecule has 1 N–H and O–H groups in total. The molecular weight excluding hydrogens is 262 g/mol. The van der Waals surface area contributed by atoms with Crippen LogP contribution in [0.4, 0.5) is 5.69 Å². The van der Waals surface area contributed by atoms with E-state index < -0.39 is 0 Å². The van der Waals surface area contributed by atoms with Crippen molar-refractivity contribution < 1.29 is 4.79 Å². The molecule has 1 aromatic rings. The van der Waals surface area contributed by atoms with Gasteiger partial charge in [-0.05, 0) is 31.6 Å². The molecule has 0 aromatic heterocycles. The van der Waals surface area contributed by atoms with Crippen molar-refractivity contribution in [3.8, 4) is 0 Å². The molecule has 1 saturated heterocycles. The van der Waals surface area contributed by atoms with Crippen LogP contribution in [0.5, 0.6) is 0 Å². The molecule has 2 rings (SSSR count). The normalized spacial score (nSPS) is 16.3. The van der Waals surface area contributed by atoms with Gasteiger partial charge in [0.15, 0.2) is 0 Å². The summed E-state index contributed by atoms with van der Waals surface area (Å²) in [4.78, 5) is 16.1. The second kappa shape index (κ2) is 8.15. The molecule has 0 radical (unpaired) electrons. The maximum atomic E-state index is 12.2. The first-order chi connectivity index (χ1) is 8.77. The molecule has 106 valence electrons. The van der Waals surface area contributed by atoms with Gasteiger partial charge in [0.1, 0.15) is 0 Å². The first-order valence-corrected chi connectivity index (χ1v) is 6.52. The largest absolute Gasteiger partial charge is 0.315 e. The topological polar surface area (TPSA) is 35.6 Å². The molecule has 4 nitrogen and oxygen atoms in total. The Labute approximate surface area is 121 Å². The van der Waals surface area contributed by atoms with Gasteiger partial charge in [-0.2, -0.15) is 0 Å². The number of hydrogen-bond donors (Lipinski definition) is 1. The van der Waals surface area contributed by atoms with Crippen LogP contribution in [0.15, 0.2) is 30.3 Å². The molecule has 1 heterocycles. The minimum Gasteiger partial charge on any atom is -0.315 e. The van der Waals surface area contributed by atoms with E-state index in [9.17, 15) is 4.79 Å². The van der Waals surface area contributed by atoms with Gasteiger partial charge in [0.05, 0.1) is 6.54 Å². The fourth-order valence-corrected chi connectivity index (χ4v) is 2.15. The van der Waals surface area contributed by atoms with E-state index in [4.69, 9.17) is 0 Å². The van der Waals surface area contributed by atoms with Crippen molar-refractivity contribution in [3.63, 3.8) is 0 Å². The Bertz CT molecular complexity index is 378. The summed E-state index contributed by atoms with van der Waals surface area (Å²) >= 11 is 0. The van der Waals surface area contributed by atoms with Crippen molar-refractivity contribution in [2.24, 2.45) is 0 Å². The van der Waals surface area contributed by atoms with Gasteiger partial charge in [0.2, 0.25) is 5.91 Å². The molecule has 0 saturated carbocycles. The van der Waals surface area contributed by atoms with E-state index in [2.05, 4.69) is 10.2 Å². The second-order valence-corrected chi connectivity index (χ2v) is 4.67. The zero-order valence-electron chi connectivity index (χ0n) is 11.3. The van der Waals surface area contributed by atoms with Crippen LogP contribution in [0.3, 0.4) is 0 Å². The number of benzene rings is 1. The standard InChI is InChI=1S/C14H21N3O.ClH/c1-16(13-6-3-2-4-7-13)14(18)12-17-10-5-8-15-9-11-17;/h2-4,6-7,15H,5,8-12H2,1H3;1H. The van der Waals surface area contributed by atoms with Gasteiger partial charge in [-0.25, -0.2) is 0 Å². The number of anilines is 1. The van der Waals surface area contributed by atoms with Crippen molar-refractivity contribution in [2.45, 2.75) is 6.42 Å². The predicted molar refractivity (Wildman–Crippen MR) is 81.0 cm³/mol. The van der Waals surface area contributed by atoms with Crippen LogP contribution in [0.2, 0.25) is 0 Å². The SMILES string of the molecule is CN(C(=O)CN1CCCNCC1)c1ccccc1.Cl. The van der Waals surface area contributed by atoms with Gasteiger partial charge in [0, 0.05) is 25.8 Å². The molecule has 1 aliphatic rings. The minimum absolute atomic E-state index is 0. The molecule has 0 bridgehead atoms. The molecule has 19 heavy (non-hydrogen) atoms. The summed E-state index contributed by atoms with van der Waals surface area (Å²) in [6.07, 6.45) is 1.11. The fourth-order valence-electron chi connectivity index (χ4n) is 2.15. The molecule has 1 aromatic carbocycles. The third-order valence-electron chi connectivity index (χ3n) is 3.31. The molecule has 0 atom stereocenters. The highest BCUT2D eigenvalue weighted by atomic mass is 35.5. The second-order valence-electron chi connectivity index (χ2n) is 4.67. The van der Waals surface area contributed by atoms with Crippen molar-refractivity contribution in [1.82, 2.24) is 10.2 Å². The first-order valence-electron chi connectivity index (χ1n) is 6.52. The summed E-state index contributed by atoms with van der Waals surface area (Å²) in [6, 6.07) is 9.79. The molecule has 1 aliphatic heterocycles. The molecule has 5 heteroatoms. The smallest absolute Gasteiger partial charge is 0.240 e. The first kappa shape index (κ1) is 16.0. The van der Waals surface area contributed by atoms with E-state index in [1.54, 1.807) is 4.90 Å². The van der Waals surface area contributed by atoms with Crippen LogP contribution in [0.25, 0.3) is 0 Å². The summed E-state index contributed by atoms with van der Waals surface area (Å²) < 4.78 is 0. The summed E-state index contributed by atoms with van der Waals surface area (Å²) in [7, 11) is 1.84. The van der Waals surface area contributed by atoms with Crippen LogP contribution in [0, 0.1) is 0 Å². The number of carbonyl (C=O) groups is 1. The summed E-state index contributed by atoms with van der Waals surface area (Å²) in [6.45, 7) is 4.49. The van der Waals surface area contributed by atoms with Gasteiger partial charge in [-0.15, -0.1) is 12.4 Å². The highest BCUT2D eigenvalue weighted by molar-refractivity contribution is 5.94. The Morgan fingerprint density at radius 2 is 2.00 bits per heavy atom. The quantitative estimate of drug-likeness (QED) is 0.910. The van der Waals surface area contributed by atoms with E-state index in [1.807, 2.05) is 37.4 Å². The van der Waals surface area contributed by atoms with Crippen molar-refractivity contribution in [3.05, 3.63) is 30.3 Å². The van der Waals surface area contributed by atoms with E-state index in [1.165, 1.54) is 0 Å². The number of nitrogens with zero attached hydrogens (tertiary/aromatic N) is 2. The van der Waals surface area contributed by atoms with Gasteiger partial charge < -0.3 is 10.2 Å². The van der Waals surface area contributed by atoms with E-state index in [0.717, 1.165) is 38.3 Å². The lowest BCUT2D eigenvalue weighted by Gasteiger charge is -2.23. The van der Waals surface area contributed by atoms with Gasteiger partial charge in [-0.1, -0.05) is 18.2 Å². The van der Waals surface area contributed by atoms with Crippen LogP contribution >= 0.6 is 12.4 Å². The summed E-state index contributed by atoms with van der Waals surface area (Å²) in [5.41, 5.74) is 0.954. The highest BCUT2D eigenvalue weighted by Crippen LogP contribution is 2.11. The van der Waals surface area contributed by atoms with E-state index >= 15 is 0 Å². The van der Waals surface area contributed by atoms with Gasteiger partial charge in [-0.3, -0.25) is 9.69 Å². The third kappa shape index (κ3) is 4.82. The maximum absolute atomic E-state index is 12.2. The number of hydrogen-bond acceptors (Lipinski definition) is 3. The van der Waals surface area contributed by atoms with Gasteiger partial charge in [0.25, 0.3) is 0 Å². The van der Waals surface area contributed by atoms with E-state index in [-0.39, 0.29) is 18.3 Å². The van der Waals surface area contributed by atoms with Crippen LogP contribution in [0.1, 0.15) is 6.42 Å². The average Bonchev–Trinajstić information content (AvgIpc) is 2.67.